The number of carbonyl (C=O) groups excluding carboxylic acids is 1. The van der Waals surface area contributed by atoms with Crippen molar-refractivity contribution in [3.63, 3.8) is 0 Å². The first-order valence-electron chi connectivity index (χ1n) is 9.45. The summed E-state index contributed by atoms with van der Waals surface area (Å²) in [5.74, 6) is 0.676. The summed E-state index contributed by atoms with van der Waals surface area (Å²) in [7, 11) is -1.86. The highest BCUT2D eigenvalue weighted by molar-refractivity contribution is 7.92. The molecule has 0 aliphatic carbocycles. The number of urea groups is 1. The molecule has 162 valence electrons. The molecule has 8 nitrogen and oxygen atoms in total. The molecule has 4 N–H and O–H groups in total. The van der Waals surface area contributed by atoms with Crippen LogP contribution in [0, 0.1) is 0 Å². The number of nitrogens with one attached hydrogen (secondary N) is 3. The zero-order valence-electron chi connectivity index (χ0n) is 16.9. The van der Waals surface area contributed by atoms with Gasteiger partial charge in [-0.2, -0.15) is 4.21 Å². The Labute approximate surface area is 181 Å². The van der Waals surface area contributed by atoms with Gasteiger partial charge in [0.25, 0.3) is 0 Å². The van der Waals surface area contributed by atoms with Gasteiger partial charge in [0.05, 0.1) is 12.3 Å². The van der Waals surface area contributed by atoms with E-state index in [1.54, 1.807) is 67.8 Å². The first-order chi connectivity index (χ1) is 15.0. The smallest absolute Gasteiger partial charge is 0.396 e. The summed E-state index contributed by atoms with van der Waals surface area (Å²) in [6, 6.07) is 21.4. The maximum absolute atomic E-state index is 12.6. The van der Waals surface area contributed by atoms with Crippen LogP contribution in [0.4, 0.5) is 21.9 Å². The fourth-order valence-corrected chi connectivity index (χ4v) is 3.70. The first-order valence-corrected chi connectivity index (χ1v) is 11.0. The number of anilines is 3. The minimum absolute atomic E-state index is 0.200. The van der Waals surface area contributed by atoms with Crippen molar-refractivity contribution in [3.05, 3.63) is 78.9 Å². The highest BCUT2D eigenvalue weighted by Crippen LogP contribution is 2.19. The number of para-hydroxylation sites is 1. The highest BCUT2D eigenvalue weighted by Gasteiger charge is 2.20. The second kappa shape index (κ2) is 10.5. The average Bonchev–Trinajstić information content (AvgIpc) is 2.76. The SMILES string of the molecule is COCCOc1ccc(NC(=O)Nc2ccc(S(=O)(=[OH+])Nc3ccccc3)cc2)cc1. The van der Waals surface area contributed by atoms with Crippen LogP contribution in [-0.2, 0) is 14.8 Å². The maximum Gasteiger partial charge on any atom is 0.396 e. The third-order valence-electron chi connectivity index (χ3n) is 4.13. The van der Waals surface area contributed by atoms with Gasteiger partial charge in [-0.1, -0.05) is 18.2 Å². The van der Waals surface area contributed by atoms with Crippen LogP contribution in [0.2, 0.25) is 0 Å². The summed E-state index contributed by atoms with van der Waals surface area (Å²) in [5, 5.41) is 5.40. The topological polar surface area (TPSA) is 110 Å². The summed E-state index contributed by atoms with van der Waals surface area (Å²) in [6.07, 6.45) is 0. The average molecular weight is 443 g/mol. The van der Waals surface area contributed by atoms with Crippen LogP contribution >= 0.6 is 0 Å². The molecule has 3 rings (SSSR count). The van der Waals surface area contributed by atoms with Crippen LogP contribution in [-0.4, -0.2) is 34.8 Å². The lowest BCUT2D eigenvalue weighted by molar-refractivity contribution is 0.146. The van der Waals surface area contributed by atoms with Crippen LogP contribution in [0.3, 0.4) is 0 Å². The molecule has 31 heavy (non-hydrogen) atoms. The Kier molecular flexibility index (Phi) is 7.47. The zero-order chi connectivity index (χ0) is 22.1. The van der Waals surface area contributed by atoms with E-state index in [9.17, 15) is 13.2 Å². The van der Waals surface area contributed by atoms with Crippen molar-refractivity contribution in [1.29, 1.82) is 0 Å². The molecule has 0 spiro atoms. The minimum Gasteiger partial charge on any atom is -0.491 e. The second-order valence-electron chi connectivity index (χ2n) is 6.46. The molecule has 3 aromatic rings. The Balaban J connectivity index is 1.55. The Hall–Kier alpha value is -3.56. The first kappa shape index (κ1) is 22.1. The van der Waals surface area contributed by atoms with E-state index in [2.05, 4.69) is 15.4 Å². The van der Waals surface area contributed by atoms with E-state index in [1.807, 2.05) is 6.07 Å². The van der Waals surface area contributed by atoms with Gasteiger partial charge in [0.1, 0.15) is 17.3 Å². The van der Waals surface area contributed by atoms with Crippen molar-refractivity contribution in [3.8, 4) is 5.75 Å². The third kappa shape index (κ3) is 6.73. The molecule has 0 saturated carbocycles. The van der Waals surface area contributed by atoms with E-state index in [4.69, 9.17) is 9.47 Å². The molecule has 1 atom stereocenters. The van der Waals surface area contributed by atoms with E-state index in [0.29, 0.717) is 36.0 Å². The van der Waals surface area contributed by atoms with Crippen molar-refractivity contribution in [2.75, 3.05) is 35.7 Å². The number of benzene rings is 3. The maximum atomic E-state index is 12.6. The molecular formula is C22H24N3O5S+. The van der Waals surface area contributed by atoms with Crippen molar-refractivity contribution in [2.24, 2.45) is 0 Å². The van der Waals surface area contributed by atoms with Crippen LogP contribution in [0.25, 0.3) is 0 Å². The molecule has 0 radical (unpaired) electrons. The van der Waals surface area contributed by atoms with Gasteiger partial charge in [0, 0.05) is 18.5 Å². The lowest BCUT2D eigenvalue weighted by Crippen LogP contribution is -2.19. The molecule has 0 aromatic heterocycles. The van der Waals surface area contributed by atoms with Crippen LogP contribution < -0.4 is 20.1 Å². The van der Waals surface area contributed by atoms with Gasteiger partial charge in [0.2, 0.25) is 0 Å². The third-order valence-corrected chi connectivity index (χ3v) is 5.55. The van der Waals surface area contributed by atoms with E-state index < -0.39 is 16.1 Å². The van der Waals surface area contributed by atoms with Crippen molar-refractivity contribution in [1.82, 2.24) is 0 Å². The number of hydrogen-bond donors (Lipinski definition) is 3. The van der Waals surface area contributed by atoms with E-state index in [0.717, 1.165) is 0 Å². The summed E-state index contributed by atoms with van der Waals surface area (Å²) >= 11 is 0. The minimum atomic E-state index is -3.47. The quantitative estimate of drug-likeness (QED) is 0.339. The van der Waals surface area contributed by atoms with Gasteiger partial charge in [-0.05, 0) is 60.7 Å². The van der Waals surface area contributed by atoms with Gasteiger partial charge in [0.15, 0.2) is 0 Å². The Morgan fingerprint density at radius 3 is 2.00 bits per heavy atom. The molecule has 0 saturated heterocycles. The van der Waals surface area contributed by atoms with E-state index in [1.165, 1.54) is 12.1 Å². The van der Waals surface area contributed by atoms with Gasteiger partial charge in [-0.25, -0.2) is 13.7 Å². The number of hydrogen-bond acceptors (Lipinski definition) is 4. The zero-order valence-corrected chi connectivity index (χ0v) is 17.7. The van der Waals surface area contributed by atoms with Crippen LogP contribution in [0.5, 0.6) is 5.75 Å². The number of ether oxygens (including phenoxy) is 2. The molecule has 0 aliphatic rings. The molecular weight excluding hydrogens is 418 g/mol. The predicted molar refractivity (Wildman–Crippen MR) is 121 cm³/mol. The molecule has 0 aliphatic heterocycles. The van der Waals surface area contributed by atoms with Crippen molar-refractivity contribution >= 4 is 33.1 Å². The van der Waals surface area contributed by atoms with Crippen LogP contribution in [0.15, 0.2) is 83.8 Å². The Bertz CT molecular complexity index is 1090. The van der Waals surface area contributed by atoms with E-state index >= 15 is 0 Å². The molecule has 0 fully saturated rings. The normalized spacial score (nSPS) is 12.4. The summed E-state index contributed by atoms with van der Waals surface area (Å²) in [6.45, 7) is 0.940. The molecule has 9 heteroatoms. The van der Waals surface area contributed by atoms with Crippen LogP contribution in [0.1, 0.15) is 0 Å². The summed E-state index contributed by atoms with van der Waals surface area (Å²) < 4.78 is 35.9. The Morgan fingerprint density at radius 1 is 0.839 bits per heavy atom. The number of carbonyl (C=O) groups is 1. The molecule has 0 bridgehead atoms. The fourth-order valence-electron chi connectivity index (χ4n) is 2.62. The Morgan fingerprint density at radius 2 is 1.42 bits per heavy atom. The molecule has 1 unspecified atom stereocenters. The molecule has 2 amide bonds. The lowest BCUT2D eigenvalue weighted by atomic mass is 10.3. The summed E-state index contributed by atoms with van der Waals surface area (Å²) in [4.78, 5) is 12.4. The van der Waals surface area contributed by atoms with Crippen molar-refractivity contribution in [2.45, 2.75) is 4.90 Å². The highest BCUT2D eigenvalue weighted by atomic mass is 32.2. The van der Waals surface area contributed by atoms with Gasteiger partial charge in [-0.15, -0.1) is 0 Å². The monoisotopic (exact) mass is 442 g/mol. The lowest BCUT2D eigenvalue weighted by Gasteiger charge is -2.10. The molecule has 0 heterocycles. The largest absolute Gasteiger partial charge is 0.491 e. The summed E-state index contributed by atoms with van der Waals surface area (Å²) in [5.41, 5.74) is 1.61. The number of rotatable bonds is 9. The van der Waals surface area contributed by atoms with Gasteiger partial charge >= 0.3 is 16.1 Å². The number of amides is 2. The van der Waals surface area contributed by atoms with Gasteiger partial charge < -0.3 is 20.1 Å². The van der Waals surface area contributed by atoms with E-state index in [-0.39, 0.29) is 4.90 Å². The van der Waals surface area contributed by atoms with Crippen molar-refractivity contribution < 1.29 is 22.7 Å². The number of methoxy groups -OCH3 is 1. The predicted octanol–water partition coefficient (Wildman–Crippen LogP) is 4.31. The van der Waals surface area contributed by atoms with Gasteiger partial charge in [-0.3, -0.25) is 0 Å². The second-order valence-corrected chi connectivity index (χ2v) is 8.19. The molecule has 3 aromatic carbocycles. The fraction of sp³-hybridized carbons (Fsp3) is 0.136. The standard InChI is InChI=1S/C22H23N3O5S/c1-29-15-16-30-20-11-7-17(8-12-20)23-22(26)24-18-9-13-21(14-10-18)31(27,28)25-19-5-3-2-4-6-19/h2-14H,15-16H2,1H3,(H2,23,24,26)(H,25,27,28)/p+1.